The molecule has 1 aromatic carbocycles. The summed E-state index contributed by atoms with van der Waals surface area (Å²) < 4.78 is 0. The first-order chi connectivity index (χ1) is 7.16. The van der Waals surface area contributed by atoms with E-state index < -0.39 is 0 Å². The molecule has 80 valence electrons. The molecule has 0 heterocycles. The summed E-state index contributed by atoms with van der Waals surface area (Å²) in [5, 5.41) is 3.32. The van der Waals surface area contributed by atoms with Gasteiger partial charge in [-0.2, -0.15) is 0 Å². The van der Waals surface area contributed by atoms with Gasteiger partial charge in [-0.1, -0.05) is 0 Å². The van der Waals surface area contributed by atoms with Gasteiger partial charge in [0.15, 0.2) is 5.78 Å². The minimum Gasteiger partial charge on any atom is -0.398 e. The Morgan fingerprint density at radius 1 is 1.53 bits per heavy atom. The fraction of sp³-hybridized carbons (Fsp3) is 0.417. The second-order valence-electron chi connectivity index (χ2n) is 4.18. The van der Waals surface area contributed by atoms with Crippen molar-refractivity contribution in [2.24, 2.45) is 5.92 Å². The van der Waals surface area contributed by atoms with Gasteiger partial charge in [0.2, 0.25) is 0 Å². The monoisotopic (exact) mass is 204 g/mol. The van der Waals surface area contributed by atoms with Crippen molar-refractivity contribution in [3.63, 3.8) is 0 Å². The van der Waals surface area contributed by atoms with Crippen LogP contribution in [0.25, 0.3) is 0 Å². The molecule has 0 atom stereocenters. The van der Waals surface area contributed by atoms with Crippen molar-refractivity contribution < 1.29 is 4.79 Å². The molecule has 0 aromatic heterocycles. The molecule has 3 N–H and O–H groups in total. The Labute approximate surface area is 89.7 Å². The van der Waals surface area contributed by atoms with Gasteiger partial charge in [0.1, 0.15) is 0 Å². The van der Waals surface area contributed by atoms with Crippen LogP contribution in [0.4, 0.5) is 11.4 Å². The molecule has 1 aromatic rings. The predicted octanol–water partition coefficient (Wildman–Crippen LogP) is 2.29. The molecule has 0 saturated heterocycles. The van der Waals surface area contributed by atoms with Crippen molar-refractivity contribution in [1.82, 2.24) is 0 Å². The van der Waals surface area contributed by atoms with Crippen molar-refractivity contribution in [1.29, 1.82) is 0 Å². The van der Waals surface area contributed by atoms with Crippen molar-refractivity contribution in [2.45, 2.75) is 19.8 Å². The highest BCUT2D eigenvalue weighted by Crippen LogP contribution is 2.29. The lowest BCUT2D eigenvalue weighted by Crippen LogP contribution is -2.05. The molecule has 3 heteroatoms. The summed E-state index contributed by atoms with van der Waals surface area (Å²) in [6.45, 7) is 2.54. The van der Waals surface area contributed by atoms with Gasteiger partial charge in [-0.3, -0.25) is 4.79 Å². The maximum atomic E-state index is 11.2. The SMILES string of the molecule is CC(=O)c1ccc(NCC2CC2)cc1N. The Kier molecular flexibility index (Phi) is 2.62. The summed E-state index contributed by atoms with van der Waals surface area (Å²) >= 11 is 0. The summed E-state index contributed by atoms with van der Waals surface area (Å²) in [7, 11) is 0. The zero-order valence-electron chi connectivity index (χ0n) is 8.92. The van der Waals surface area contributed by atoms with E-state index in [-0.39, 0.29) is 5.78 Å². The summed E-state index contributed by atoms with van der Waals surface area (Å²) in [5.41, 5.74) is 7.95. The fourth-order valence-electron chi connectivity index (χ4n) is 1.58. The second-order valence-corrected chi connectivity index (χ2v) is 4.18. The number of hydrogen-bond donors (Lipinski definition) is 2. The second kappa shape index (κ2) is 3.93. The van der Waals surface area contributed by atoms with Crippen molar-refractivity contribution in [3.8, 4) is 0 Å². The van der Waals surface area contributed by atoms with E-state index >= 15 is 0 Å². The molecule has 2 rings (SSSR count). The van der Waals surface area contributed by atoms with E-state index in [0.717, 1.165) is 18.2 Å². The van der Waals surface area contributed by atoms with Crippen molar-refractivity contribution in [2.75, 3.05) is 17.6 Å². The lowest BCUT2D eigenvalue weighted by atomic mass is 10.1. The standard InChI is InChI=1S/C12H16N2O/c1-8(15)11-5-4-10(6-12(11)13)14-7-9-2-3-9/h4-6,9,14H,2-3,7,13H2,1H3. The van der Waals surface area contributed by atoms with Gasteiger partial charge in [-0.05, 0) is 43.9 Å². The van der Waals surface area contributed by atoms with Crippen LogP contribution in [-0.4, -0.2) is 12.3 Å². The molecule has 15 heavy (non-hydrogen) atoms. The Morgan fingerprint density at radius 2 is 2.27 bits per heavy atom. The van der Waals surface area contributed by atoms with Crippen LogP contribution < -0.4 is 11.1 Å². The van der Waals surface area contributed by atoms with E-state index in [4.69, 9.17) is 5.73 Å². The smallest absolute Gasteiger partial charge is 0.161 e. The van der Waals surface area contributed by atoms with Crippen molar-refractivity contribution >= 4 is 17.2 Å². The van der Waals surface area contributed by atoms with Crippen LogP contribution in [-0.2, 0) is 0 Å². The third-order valence-electron chi connectivity index (χ3n) is 2.72. The Hall–Kier alpha value is -1.51. The Morgan fingerprint density at radius 3 is 2.80 bits per heavy atom. The average Bonchev–Trinajstić information content (AvgIpc) is 2.97. The zero-order valence-corrected chi connectivity index (χ0v) is 8.92. The van der Waals surface area contributed by atoms with E-state index in [1.807, 2.05) is 12.1 Å². The van der Waals surface area contributed by atoms with E-state index in [2.05, 4.69) is 5.32 Å². The molecule has 1 saturated carbocycles. The molecule has 0 unspecified atom stereocenters. The molecule has 1 fully saturated rings. The number of nitrogen functional groups attached to an aromatic ring is 1. The first-order valence-corrected chi connectivity index (χ1v) is 5.31. The summed E-state index contributed by atoms with van der Waals surface area (Å²) in [4.78, 5) is 11.2. The van der Waals surface area contributed by atoms with E-state index in [0.29, 0.717) is 11.3 Å². The maximum absolute atomic E-state index is 11.2. The minimum atomic E-state index is 0.0150. The van der Waals surface area contributed by atoms with Crippen molar-refractivity contribution in [3.05, 3.63) is 23.8 Å². The van der Waals surface area contributed by atoms with E-state index in [9.17, 15) is 4.79 Å². The molecule has 0 amide bonds. The molecule has 0 bridgehead atoms. The fourth-order valence-corrected chi connectivity index (χ4v) is 1.58. The number of hydrogen-bond acceptors (Lipinski definition) is 3. The Balaban J connectivity index is 2.06. The molecule has 3 nitrogen and oxygen atoms in total. The van der Waals surface area contributed by atoms with Crippen LogP contribution in [0.15, 0.2) is 18.2 Å². The van der Waals surface area contributed by atoms with Gasteiger partial charge in [0.25, 0.3) is 0 Å². The largest absolute Gasteiger partial charge is 0.398 e. The third-order valence-corrected chi connectivity index (χ3v) is 2.72. The summed E-state index contributed by atoms with van der Waals surface area (Å²) in [6.07, 6.45) is 2.65. The number of carbonyl (C=O) groups is 1. The van der Waals surface area contributed by atoms with Gasteiger partial charge in [0.05, 0.1) is 0 Å². The van der Waals surface area contributed by atoms with Crippen LogP contribution in [0.1, 0.15) is 30.1 Å². The van der Waals surface area contributed by atoms with Crippen LogP contribution >= 0.6 is 0 Å². The maximum Gasteiger partial charge on any atom is 0.161 e. The van der Waals surface area contributed by atoms with Gasteiger partial charge in [-0.25, -0.2) is 0 Å². The molecule has 0 spiro atoms. The Bertz CT molecular complexity index is 383. The average molecular weight is 204 g/mol. The highest BCUT2D eigenvalue weighted by atomic mass is 16.1. The highest BCUT2D eigenvalue weighted by Gasteiger charge is 2.20. The molecule has 1 aliphatic rings. The molecular weight excluding hydrogens is 188 g/mol. The molecule has 0 radical (unpaired) electrons. The number of rotatable bonds is 4. The number of nitrogens with two attached hydrogens (primary N) is 1. The summed E-state index contributed by atoms with van der Waals surface area (Å²) in [5.74, 6) is 0.847. The van der Waals surface area contributed by atoms with E-state index in [1.165, 1.54) is 19.8 Å². The lowest BCUT2D eigenvalue weighted by molar-refractivity contribution is 0.101. The normalized spacial score (nSPS) is 15.0. The van der Waals surface area contributed by atoms with Crippen LogP contribution in [0.5, 0.6) is 0 Å². The van der Waals surface area contributed by atoms with Gasteiger partial charge in [0, 0.05) is 23.5 Å². The predicted molar refractivity (Wildman–Crippen MR) is 62.1 cm³/mol. The quantitative estimate of drug-likeness (QED) is 0.584. The molecule has 1 aliphatic carbocycles. The molecular formula is C12H16N2O. The first kappa shape index (κ1) is 10.0. The van der Waals surface area contributed by atoms with Gasteiger partial charge < -0.3 is 11.1 Å². The van der Waals surface area contributed by atoms with Crippen LogP contribution in [0.3, 0.4) is 0 Å². The minimum absolute atomic E-state index is 0.0150. The van der Waals surface area contributed by atoms with E-state index in [1.54, 1.807) is 6.07 Å². The zero-order chi connectivity index (χ0) is 10.8. The number of anilines is 2. The topological polar surface area (TPSA) is 55.1 Å². The number of Topliss-reactive ketones (excluding diaryl/α,β-unsaturated/α-hetero) is 1. The third kappa shape index (κ3) is 2.49. The van der Waals surface area contributed by atoms with Crippen LogP contribution in [0, 0.1) is 5.92 Å². The number of nitrogens with one attached hydrogen (secondary N) is 1. The number of carbonyl (C=O) groups excluding carboxylic acids is 1. The van der Waals surface area contributed by atoms with Gasteiger partial charge >= 0.3 is 0 Å². The highest BCUT2D eigenvalue weighted by molar-refractivity contribution is 5.99. The number of ketones is 1. The summed E-state index contributed by atoms with van der Waals surface area (Å²) in [6, 6.07) is 5.53. The van der Waals surface area contributed by atoms with Gasteiger partial charge in [-0.15, -0.1) is 0 Å². The number of benzene rings is 1. The first-order valence-electron chi connectivity index (χ1n) is 5.31. The molecule has 0 aliphatic heterocycles. The lowest BCUT2D eigenvalue weighted by Gasteiger charge is -2.08. The van der Waals surface area contributed by atoms with Crippen LogP contribution in [0.2, 0.25) is 0 Å².